The molecule has 1 rings (SSSR count). The van der Waals surface area contributed by atoms with Gasteiger partial charge in [0.15, 0.2) is 0 Å². The Balaban J connectivity index is 2.75. The van der Waals surface area contributed by atoms with Crippen LogP contribution >= 0.6 is 0 Å². The first-order valence-electron chi connectivity index (χ1n) is 6.25. The lowest BCUT2D eigenvalue weighted by atomic mass is 10.0. The molecular formula is C14H21NO4. The zero-order valence-electron chi connectivity index (χ0n) is 11.5. The Bertz CT molecular complexity index is 431. The summed E-state index contributed by atoms with van der Waals surface area (Å²) < 4.78 is 5.23. The van der Waals surface area contributed by atoms with Crippen LogP contribution in [-0.4, -0.2) is 35.9 Å². The molecule has 0 saturated heterocycles. The fourth-order valence-electron chi connectivity index (χ4n) is 1.72. The summed E-state index contributed by atoms with van der Waals surface area (Å²) in [4.78, 5) is 10.5. The lowest BCUT2D eigenvalue weighted by Crippen LogP contribution is -2.22. The summed E-state index contributed by atoms with van der Waals surface area (Å²) in [5.74, 6) is 0.0412. The number of aliphatic hydroxyl groups excluding tert-OH is 1. The van der Waals surface area contributed by atoms with Crippen molar-refractivity contribution in [2.45, 2.75) is 32.3 Å². The maximum atomic E-state index is 10.5. The summed E-state index contributed by atoms with van der Waals surface area (Å²) >= 11 is 0. The first kappa shape index (κ1) is 15.3. The van der Waals surface area contributed by atoms with Gasteiger partial charge in [-0.3, -0.25) is 4.79 Å². The zero-order valence-corrected chi connectivity index (χ0v) is 11.5. The fraction of sp³-hybridized carbons (Fsp3) is 0.500. The van der Waals surface area contributed by atoms with Crippen LogP contribution in [0.3, 0.4) is 0 Å². The van der Waals surface area contributed by atoms with E-state index in [0.29, 0.717) is 11.7 Å². The Morgan fingerprint density at radius 1 is 1.42 bits per heavy atom. The van der Waals surface area contributed by atoms with Gasteiger partial charge in [-0.15, -0.1) is 0 Å². The molecular weight excluding hydrogens is 246 g/mol. The molecule has 0 amide bonds. The molecule has 1 aromatic carbocycles. The Kier molecular flexibility index (Phi) is 5.63. The van der Waals surface area contributed by atoms with E-state index in [1.54, 1.807) is 7.11 Å². The number of carboxylic acids is 1. The molecule has 1 atom stereocenters. The number of benzene rings is 1. The predicted molar refractivity (Wildman–Crippen MR) is 73.8 cm³/mol. The summed E-state index contributed by atoms with van der Waals surface area (Å²) in [6.07, 6.45) is -1.20. The van der Waals surface area contributed by atoms with Crippen molar-refractivity contribution >= 4 is 11.7 Å². The van der Waals surface area contributed by atoms with Gasteiger partial charge in [-0.2, -0.15) is 0 Å². The molecule has 0 fully saturated rings. The lowest BCUT2D eigenvalue weighted by molar-refractivity contribution is -0.138. The SMILES string of the molecule is COc1ccc(C(C)C)cc1NCC(O)CC(=O)O. The molecule has 0 heterocycles. The quantitative estimate of drug-likeness (QED) is 0.705. The van der Waals surface area contributed by atoms with Crippen molar-refractivity contribution < 1.29 is 19.7 Å². The third-order valence-electron chi connectivity index (χ3n) is 2.83. The molecule has 0 aromatic heterocycles. The van der Waals surface area contributed by atoms with Crippen molar-refractivity contribution in [1.29, 1.82) is 0 Å². The topological polar surface area (TPSA) is 78.8 Å². The van der Waals surface area contributed by atoms with Gasteiger partial charge in [0.05, 0.1) is 25.3 Å². The molecule has 0 aliphatic rings. The standard InChI is InChI=1S/C14H21NO4/c1-9(2)10-4-5-13(19-3)12(6-10)15-8-11(16)7-14(17)18/h4-6,9,11,15-16H,7-8H2,1-3H3,(H,17,18). The summed E-state index contributed by atoms with van der Waals surface area (Å²) in [5, 5.41) is 21.2. The van der Waals surface area contributed by atoms with E-state index in [1.165, 1.54) is 0 Å². The van der Waals surface area contributed by atoms with Crippen LogP contribution in [0.4, 0.5) is 5.69 Å². The lowest BCUT2D eigenvalue weighted by Gasteiger charge is -2.16. The van der Waals surface area contributed by atoms with Crippen LogP contribution in [0.2, 0.25) is 0 Å². The Labute approximate surface area is 113 Å². The highest BCUT2D eigenvalue weighted by Gasteiger charge is 2.11. The number of aliphatic carboxylic acids is 1. The predicted octanol–water partition coefficient (Wildman–Crippen LogP) is 2.07. The van der Waals surface area contributed by atoms with E-state index in [2.05, 4.69) is 19.2 Å². The Morgan fingerprint density at radius 3 is 2.63 bits per heavy atom. The highest BCUT2D eigenvalue weighted by Crippen LogP contribution is 2.28. The zero-order chi connectivity index (χ0) is 14.4. The number of aliphatic hydroxyl groups is 1. The van der Waals surface area contributed by atoms with Gasteiger partial charge in [0.2, 0.25) is 0 Å². The van der Waals surface area contributed by atoms with Crippen LogP contribution in [0.5, 0.6) is 5.75 Å². The summed E-state index contributed by atoms with van der Waals surface area (Å²) in [6.45, 7) is 4.35. The van der Waals surface area contributed by atoms with Crippen LogP contribution in [-0.2, 0) is 4.79 Å². The van der Waals surface area contributed by atoms with E-state index in [0.717, 1.165) is 11.3 Å². The summed E-state index contributed by atoms with van der Waals surface area (Å²) in [5.41, 5.74) is 1.91. The van der Waals surface area contributed by atoms with Gasteiger partial charge in [-0.05, 0) is 23.6 Å². The number of rotatable bonds is 7. The molecule has 0 saturated carbocycles. The van der Waals surface area contributed by atoms with Crippen LogP contribution in [0.25, 0.3) is 0 Å². The maximum Gasteiger partial charge on any atom is 0.306 e. The summed E-state index contributed by atoms with van der Waals surface area (Å²) in [6, 6.07) is 5.81. The minimum atomic E-state index is -1.02. The number of methoxy groups -OCH3 is 1. The van der Waals surface area contributed by atoms with Crippen molar-refractivity contribution in [2.24, 2.45) is 0 Å². The van der Waals surface area contributed by atoms with Crippen molar-refractivity contribution in [1.82, 2.24) is 0 Å². The largest absolute Gasteiger partial charge is 0.495 e. The van der Waals surface area contributed by atoms with Gasteiger partial charge in [-0.1, -0.05) is 19.9 Å². The normalized spacial score (nSPS) is 12.3. The van der Waals surface area contributed by atoms with Crippen LogP contribution in [0.15, 0.2) is 18.2 Å². The van der Waals surface area contributed by atoms with E-state index >= 15 is 0 Å². The second-order valence-electron chi connectivity index (χ2n) is 4.75. The Hall–Kier alpha value is -1.75. The molecule has 0 aliphatic heterocycles. The smallest absolute Gasteiger partial charge is 0.306 e. The molecule has 106 valence electrons. The fourth-order valence-corrected chi connectivity index (χ4v) is 1.72. The highest BCUT2D eigenvalue weighted by atomic mass is 16.5. The van der Waals surface area contributed by atoms with Crippen molar-refractivity contribution in [2.75, 3.05) is 19.0 Å². The number of hydrogen-bond donors (Lipinski definition) is 3. The van der Waals surface area contributed by atoms with Crippen LogP contribution in [0.1, 0.15) is 31.7 Å². The van der Waals surface area contributed by atoms with Gasteiger partial charge < -0.3 is 20.3 Å². The molecule has 19 heavy (non-hydrogen) atoms. The second kappa shape index (κ2) is 6.99. The van der Waals surface area contributed by atoms with E-state index < -0.39 is 12.1 Å². The first-order chi connectivity index (χ1) is 8.93. The summed E-state index contributed by atoms with van der Waals surface area (Å²) in [7, 11) is 1.57. The number of anilines is 1. The van der Waals surface area contributed by atoms with Gasteiger partial charge in [0.1, 0.15) is 5.75 Å². The maximum absolute atomic E-state index is 10.5. The Morgan fingerprint density at radius 2 is 2.11 bits per heavy atom. The number of carboxylic acid groups (broad SMARTS) is 1. The molecule has 0 spiro atoms. The second-order valence-corrected chi connectivity index (χ2v) is 4.75. The minimum Gasteiger partial charge on any atom is -0.495 e. The highest BCUT2D eigenvalue weighted by molar-refractivity contribution is 5.67. The van der Waals surface area contributed by atoms with Crippen molar-refractivity contribution in [3.05, 3.63) is 23.8 Å². The molecule has 1 unspecified atom stereocenters. The van der Waals surface area contributed by atoms with E-state index in [1.807, 2.05) is 18.2 Å². The van der Waals surface area contributed by atoms with Crippen LogP contribution in [0, 0.1) is 0 Å². The number of ether oxygens (including phenoxy) is 1. The van der Waals surface area contributed by atoms with E-state index in [4.69, 9.17) is 9.84 Å². The molecule has 5 nitrogen and oxygen atoms in total. The van der Waals surface area contributed by atoms with Crippen molar-refractivity contribution in [3.8, 4) is 5.75 Å². The molecule has 0 bridgehead atoms. The van der Waals surface area contributed by atoms with Gasteiger partial charge in [-0.25, -0.2) is 0 Å². The molecule has 3 N–H and O–H groups in total. The number of hydrogen-bond acceptors (Lipinski definition) is 4. The molecule has 0 radical (unpaired) electrons. The van der Waals surface area contributed by atoms with E-state index in [-0.39, 0.29) is 13.0 Å². The average Bonchev–Trinajstić information content (AvgIpc) is 2.35. The number of carbonyl (C=O) groups is 1. The first-order valence-corrected chi connectivity index (χ1v) is 6.25. The van der Waals surface area contributed by atoms with E-state index in [9.17, 15) is 9.90 Å². The third-order valence-corrected chi connectivity index (χ3v) is 2.83. The monoisotopic (exact) mass is 267 g/mol. The number of nitrogens with one attached hydrogen (secondary N) is 1. The van der Waals surface area contributed by atoms with Crippen LogP contribution < -0.4 is 10.1 Å². The molecule has 1 aromatic rings. The van der Waals surface area contributed by atoms with Gasteiger partial charge >= 0.3 is 5.97 Å². The van der Waals surface area contributed by atoms with Gasteiger partial charge in [0, 0.05) is 6.54 Å². The third kappa shape index (κ3) is 4.79. The minimum absolute atomic E-state index is 0.171. The molecule has 5 heteroatoms. The molecule has 0 aliphatic carbocycles. The van der Waals surface area contributed by atoms with Crippen molar-refractivity contribution in [3.63, 3.8) is 0 Å². The average molecular weight is 267 g/mol. The van der Waals surface area contributed by atoms with Gasteiger partial charge in [0.25, 0.3) is 0 Å².